The van der Waals surface area contributed by atoms with Crippen LogP contribution in [0.3, 0.4) is 0 Å². The maximum absolute atomic E-state index is 13.7. The molecular weight excluding hydrogens is 456 g/mol. The van der Waals surface area contributed by atoms with E-state index in [0.29, 0.717) is 32.7 Å². The highest BCUT2D eigenvalue weighted by Crippen LogP contribution is 2.38. The zero-order valence-electron chi connectivity index (χ0n) is 21.8. The van der Waals surface area contributed by atoms with Crippen LogP contribution in [0.5, 0.6) is 0 Å². The molecule has 1 aliphatic heterocycles. The molecule has 0 aliphatic carbocycles. The zero-order chi connectivity index (χ0) is 25.0. The average molecular weight is 499 g/mol. The molecule has 192 valence electrons. The van der Waals surface area contributed by atoms with Gasteiger partial charge in [-0.3, -0.25) is 9.59 Å². The highest BCUT2D eigenvalue weighted by Gasteiger charge is 2.33. The van der Waals surface area contributed by atoms with Crippen LogP contribution >= 0.6 is 11.3 Å². The molecule has 1 aliphatic rings. The fourth-order valence-electron chi connectivity index (χ4n) is 4.78. The van der Waals surface area contributed by atoms with Crippen LogP contribution in [-0.4, -0.2) is 54.5 Å². The Bertz CT molecular complexity index is 924. The van der Waals surface area contributed by atoms with E-state index in [4.69, 9.17) is 4.74 Å². The maximum atomic E-state index is 13.7. The molecule has 2 aromatic rings. The first kappa shape index (κ1) is 27.4. The fraction of sp³-hybridized carbons (Fsp3) is 0.586. The number of aryl methyl sites for hydroxylation is 1. The third kappa shape index (κ3) is 7.91. The van der Waals surface area contributed by atoms with Gasteiger partial charge in [0.05, 0.1) is 12.6 Å². The number of hydrogen-bond donors (Lipinski definition) is 0. The predicted molar refractivity (Wildman–Crippen MR) is 144 cm³/mol. The molecule has 3 rings (SSSR count). The van der Waals surface area contributed by atoms with E-state index in [-0.39, 0.29) is 24.4 Å². The molecule has 1 aromatic carbocycles. The molecule has 0 saturated heterocycles. The van der Waals surface area contributed by atoms with E-state index in [2.05, 4.69) is 49.6 Å². The molecule has 2 heterocycles. The Morgan fingerprint density at radius 3 is 2.57 bits per heavy atom. The number of amides is 2. The molecule has 1 aromatic heterocycles. The van der Waals surface area contributed by atoms with Crippen LogP contribution in [0.2, 0.25) is 0 Å². The molecule has 1 atom stereocenters. The molecule has 6 heteroatoms. The number of hydrogen-bond acceptors (Lipinski definition) is 4. The number of rotatable bonds is 14. The summed E-state index contributed by atoms with van der Waals surface area (Å²) < 4.78 is 5.49. The smallest absolute Gasteiger partial charge is 0.242 e. The minimum absolute atomic E-state index is 0.0307. The van der Waals surface area contributed by atoms with Crippen LogP contribution in [0.4, 0.5) is 0 Å². The molecule has 0 fully saturated rings. The van der Waals surface area contributed by atoms with Crippen molar-refractivity contribution in [2.45, 2.75) is 78.2 Å². The molecular formula is C29H42N2O3S. The molecule has 35 heavy (non-hydrogen) atoms. The van der Waals surface area contributed by atoms with E-state index in [0.717, 1.165) is 31.2 Å². The summed E-state index contributed by atoms with van der Waals surface area (Å²) in [7, 11) is 0. The molecule has 1 unspecified atom stereocenters. The molecule has 0 bridgehead atoms. The second-order valence-corrected chi connectivity index (χ2v) is 10.5. The summed E-state index contributed by atoms with van der Waals surface area (Å²) in [5.74, 6) is 0.120. The van der Waals surface area contributed by atoms with Gasteiger partial charge >= 0.3 is 0 Å². The minimum Gasteiger partial charge on any atom is -0.382 e. The van der Waals surface area contributed by atoms with Gasteiger partial charge in [-0.15, -0.1) is 11.3 Å². The lowest BCUT2D eigenvalue weighted by Gasteiger charge is -2.37. The van der Waals surface area contributed by atoms with E-state index >= 15 is 0 Å². The van der Waals surface area contributed by atoms with Gasteiger partial charge in [-0.1, -0.05) is 62.4 Å². The lowest BCUT2D eigenvalue weighted by Crippen LogP contribution is -2.47. The summed E-state index contributed by atoms with van der Waals surface area (Å²) in [6.45, 7) is 8.91. The number of benzene rings is 1. The minimum atomic E-state index is -0.0903. The van der Waals surface area contributed by atoms with Crippen LogP contribution in [-0.2, 0) is 20.7 Å². The Kier molecular flexibility index (Phi) is 11.3. The third-order valence-corrected chi connectivity index (χ3v) is 7.77. The van der Waals surface area contributed by atoms with Crippen molar-refractivity contribution in [3.63, 3.8) is 0 Å². The maximum Gasteiger partial charge on any atom is 0.242 e. The van der Waals surface area contributed by atoms with Crippen molar-refractivity contribution in [2.24, 2.45) is 0 Å². The lowest BCUT2D eigenvalue weighted by molar-refractivity contribution is -0.142. The molecule has 5 nitrogen and oxygen atoms in total. The zero-order valence-corrected chi connectivity index (χ0v) is 22.6. The number of nitrogens with zero attached hydrogens (tertiary/aromatic N) is 2. The predicted octanol–water partition coefficient (Wildman–Crippen LogP) is 6.15. The molecule has 2 amide bonds. The molecule has 0 N–H and O–H groups in total. The summed E-state index contributed by atoms with van der Waals surface area (Å²) in [5, 5.41) is 2.13. The lowest BCUT2D eigenvalue weighted by atomic mass is 9.92. The van der Waals surface area contributed by atoms with Gasteiger partial charge in [0.15, 0.2) is 0 Å². The van der Waals surface area contributed by atoms with Gasteiger partial charge in [-0.25, -0.2) is 0 Å². The largest absolute Gasteiger partial charge is 0.382 e. The first-order valence-electron chi connectivity index (χ1n) is 13.3. The van der Waals surface area contributed by atoms with E-state index in [1.165, 1.54) is 35.3 Å². The van der Waals surface area contributed by atoms with Crippen LogP contribution in [0.1, 0.15) is 86.4 Å². The Morgan fingerprint density at radius 2 is 1.83 bits per heavy atom. The van der Waals surface area contributed by atoms with Gasteiger partial charge in [0.2, 0.25) is 11.8 Å². The van der Waals surface area contributed by atoms with Crippen molar-refractivity contribution >= 4 is 23.2 Å². The van der Waals surface area contributed by atoms with Crippen molar-refractivity contribution in [2.75, 3.05) is 32.8 Å². The first-order valence-corrected chi connectivity index (χ1v) is 14.2. The van der Waals surface area contributed by atoms with Gasteiger partial charge in [-0.05, 0) is 55.7 Å². The SMILES string of the molecule is CCCCCCCC(=O)N(CCCOCC)CC(=O)N1CCc2sccc2C1c1ccc(C)cc1. The monoisotopic (exact) mass is 498 g/mol. The summed E-state index contributed by atoms with van der Waals surface area (Å²) in [5.41, 5.74) is 3.56. The second kappa shape index (κ2) is 14.4. The number of carbonyl (C=O) groups excluding carboxylic acids is 2. The quantitative estimate of drug-likeness (QED) is 0.294. The Hall–Kier alpha value is -2.18. The van der Waals surface area contributed by atoms with Crippen LogP contribution in [0, 0.1) is 6.92 Å². The Morgan fingerprint density at radius 1 is 1.06 bits per heavy atom. The second-order valence-electron chi connectivity index (χ2n) is 9.48. The number of unbranched alkanes of at least 4 members (excludes halogenated alkanes) is 4. The standard InChI is InChI=1S/C29H42N2O3S/c1-4-6-7-8-9-11-27(32)30(18-10-20-34-5-2)22-28(33)31-19-16-26-25(17-21-35-26)29(31)24-14-12-23(3)13-15-24/h12-15,17,21,29H,4-11,16,18-20,22H2,1-3H3. The number of ether oxygens (including phenoxy) is 1. The number of thiophene rings is 1. The van der Waals surface area contributed by atoms with Crippen molar-refractivity contribution in [3.8, 4) is 0 Å². The Balaban J connectivity index is 1.72. The topological polar surface area (TPSA) is 49.9 Å². The van der Waals surface area contributed by atoms with Gasteiger partial charge in [-0.2, -0.15) is 0 Å². The van der Waals surface area contributed by atoms with Crippen molar-refractivity contribution < 1.29 is 14.3 Å². The average Bonchev–Trinajstić information content (AvgIpc) is 3.34. The van der Waals surface area contributed by atoms with E-state index in [1.807, 2.05) is 11.8 Å². The molecule has 0 saturated carbocycles. The third-order valence-electron chi connectivity index (χ3n) is 6.77. The van der Waals surface area contributed by atoms with E-state index < -0.39 is 0 Å². The first-order chi connectivity index (χ1) is 17.0. The van der Waals surface area contributed by atoms with Gasteiger partial charge in [0, 0.05) is 37.6 Å². The number of fused-ring (bicyclic) bond motifs is 1. The van der Waals surface area contributed by atoms with Crippen molar-refractivity contribution in [3.05, 3.63) is 57.3 Å². The summed E-state index contributed by atoms with van der Waals surface area (Å²) in [6, 6.07) is 10.6. The molecule has 0 radical (unpaired) electrons. The van der Waals surface area contributed by atoms with E-state index in [1.54, 1.807) is 16.2 Å². The van der Waals surface area contributed by atoms with Gasteiger partial charge < -0.3 is 14.5 Å². The van der Waals surface area contributed by atoms with E-state index in [9.17, 15) is 9.59 Å². The Labute approximate surface area is 215 Å². The highest BCUT2D eigenvalue weighted by molar-refractivity contribution is 7.10. The van der Waals surface area contributed by atoms with Crippen molar-refractivity contribution in [1.82, 2.24) is 9.80 Å². The van der Waals surface area contributed by atoms with Crippen molar-refractivity contribution in [1.29, 1.82) is 0 Å². The van der Waals surface area contributed by atoms with Crippen LogP contribution in [0.25, 0.3) is 0 Å². The molecule has 0 spiro atoms. The van der Waals surface area contributed by atoms with Gasteiger partial charge in [0.25, 0.3) is 0 Å². The normalized spacial score (nSPS) is 15.2. The number of carbonyl (C=O) groups is 2. The summed E-state index contributed by atoms with van der Waals surface area (Å²) >= 11 is 1.77. The fourth-order valence-corrected chi connectivity index (χ4v) is 5.68. The highest BCUT2D eigenvalue weighted by atomic mass is 32.1. The summed E-state index contributed by atoms with van der Waals surface area (Å²) in [6.07, 6.45) is 7.67. The van der Waals surface area contributed by atoms with Crippen LogP contribution in [0.15, 0.2) is 35.7 Å². The van der Waals surface area contributed by atoms with Gasteiger partial charge in [0.1, 0.15) is 0 Å². The van der Waals surface area contributed by atoms with Crippen LogP contribution < -0.4 is 0 Å². The summed E-state index contributed by atoms with van der Waals surface area (Å²) in [4.78, 5) is 31.9.